The molecule has 0 bridgehead atoms. The zero-order valence-electron chi connectivity index (χ0n) is 15.4. The van der Waals surface area contributed by atoms with Crippen molar-refractivity contribution in [1.29, 1.82) is 0 Å². The van der Waals surface area contributed by atoms with E-state index in [9.17, 15) is 30.6 Å². The fourth-order valence-electron chi connectivity index (χ4n) is 3.21. The molecule has 0 saturated carbocycles. The monoisotopic (exact) mass is 443 g/mol. The zero-order chi connectivity index (χ0) is 20.5. The Bertz CT molecular complexity index is 933. The normalized spacial score (nSPS) is 27.9. The highest BCUT2D eigenvalue weighted by molar-refractivity contribution is 7.94. The van der Waals surface area contributed by atoms with Gasteiger partial charge in [0.1, 0.15) is 11.8 Å². The van der Waals surface area contributed by atoms with E-state index in [0.717, 1.165) is 16.8 Å². The molecule has 0 aromatic carbocycles. The van der Waals surface area contributed by atoms with Crippen LogP contribution in [0.3, 0.4) is 0 Å². The first-order chi connectivity index (χ1) is 12.3. The van der Waals surface area contributed by atoms with Crippen molar-refractivity contribution < 1.29 is 30.6 Å². The molecule has 2 heterocycles. The van der Waals surface area contributed by atoms with Crippen LogP contribution in [0, 0.1) is 0 Å². The fourth-order valence-corrected chi connectivity index (χ4v) is 6.88. The van der Waals surface area contributed by atoms with E-state index in [1.54, 1.807) is 0 Å². The molecule has 0 aliphatic carbocycles. The van der Waals surface area contributed by atoms with E-state index in [-0.39, 0.29) is 31.1 Å². The molecule has 156 valence electrons. The summed E-state index contributed by atoms with van der Waals surface area (Å²) in [5.41, 5.74) is 0. The van der Waals surface area contributed by atoms with Crippen molar-refractivity contribution in [3.8, 4) is 0 Å². The number of carbonyl (C=O) groups is 2. The Morgan fingerprint density at radius 2 is 1.70 bits per heavy atom. The van der Waals surface area contributed by atoms with Crippen LogP contribution in [0.4, 0.5) is 0 Å². The van der Waals surface area contributed by atoms with Gasteiger partial charge in [-0.05, 0) is 19.3 Å². The van der Waals surface area contributed by atoms with Crippen molar-refractivity contribution in [1.82, 2.24) is 9.21 Å². The maximum absolute atomic E-state index is 13.0. The van der Waals surface area contributed by atoms with Crippen molar-refractivity contribution in [2.75, 3.05) is 49.4 Å². The zero-order valence-corrected chi connectivity index (χ0v) is 17.8. The molecule has 0 spiro atoms. The number of hydrogen-bond donors (Lipinski definition) is 0. The van der Waals surface area contributed by atoms with Gasteiger partial charge in [-0.3, -0.25) is 9.59 Å². The summed E-state index contributed by atoms with van der Waals surface area (Å²) in [6.07, 6.45) is 3.19. The molecular formula is C14H25N3O7S3. The van der Waals surface area contributed by atoms with Crippen LogP contribution in [0.5, 0.6) is 0 Å². The van der Waals surface area contributed by atoms with Crippen LogP contribution in [-0.2, 0) is 39.2 Å². The SMILES string of the molecule is CS(=O)(=O)CC(=O)N1CCCS(=O)(=NC(=O)C2CCCN2S(C)(=O)=O)CC1. The van der Waals surface area contributed by atoms with Gasteiger partial charge in [-0.25, -0.2) is 21.0 Å². The van der Waals surface area contributed by atoms with Gasteiger partial charge in [-0.15, -0.1) is 0 Å². The predicted octanol–water partition coefficient (Wildman–Crippen LogP) is -1.32. The van der Waals surface area contributed by atoms with Gasteiger partial charge in [0.15, 0.2) is 9.84 Å². The molecule has 0 aromatic heterocycles. The highest BCUT2D eigenvalue weighted by atomic mass is 32.2. The lowest BCUT2D eigenvalue weighted by Crippen LogP contribution is -2.40. The van der Waals surface area contributed by atoms with Gasteiger partial charge in [0.25, 0.3) is 5.91 Å². The molecule has 0 aromatic rings. The van der Waals surface area contributed by atoms with Crippen LogP contribution in [0.25, 0.3) is 0 Å². The molecule has 0 N–H and O–H groups in total. The second-order valence-corrected chi connectivity index (χ2v) is 13.6. The summed E-state index contributed by atoms with van der Waals surface area (Å²) in [5, 5.41) is 0. The molecule has 2 fully saturated rings. The van der Waals surface area contributed by atoms with Crippen molar-refractivity contribution >= 4 is 41.4 Å². The number of carbonyl (C=O) groups excluding carboxylic acids is 2. The Morgan fingerprint density at radius 1 is 1.04 bits per heavy atom. The van der Waals surface area contributed by atoms with Crippen LogP contribution in [0.1, 0.15) is 19.3 Å². The Labute approximate surface area is 160 Å². The summed E-state index contributed by atoms with van der Waals surface area (Å²) >= 11 is 0. The first-order valence-corrected chi connectivity index (χ1v) is 14.3. The van der Waals surface area contributed by atoms with Crippen molar-refractivity contribution in [2.24, 2.45) is 4.36 Å². The summed E-state index contributed by atoms with van der Waals surface area (Å²) in [6, 6.07) is -0.926. The van der Waals surface area contributed by atoms with E-state index in [4.69, 9.17) is 0 Å². The Hall–Kier alpha value is -1.05. The average molecular weight is 444 g/mol. The minimum absolute atomic E-state index is 0.0418. The van der Waals surface area contributed by atoms with Crippen molar-refractivity contribution in [3.63, 3.8) is 0 Å². The van der Waals surface area contributed by atoms with Gasteiger partial charge in [0.05, 0.1) is 16.0 Å². The quantitative estimate of drug-likeness (QED) is 0.525. The lowest BCUT2D eigenvalue weighted by Gasteiger charge is -2.20. The molecule has 27 heavy (non-hydrogen) atoms. The Morgan fingerprint density at radius 3 is 2.30 bits per heavy atom. The van der Waals surface area contributed by atoms with E-state index in [1.807, 2.05) is 0 Å². The van der Waals surface area contributed by atoms with Crippen LogP contribution in [-0.4, -0.2) is 97.5 Å². The molecule has 2 aliphatic heterocycles. The summed E-state index contributed by atoms with van der Waals surface area (Å²) in [4.78, 5) is 25.9. The second kappa shape index (κ2) is 8.13. The Kier molecular flexibility index (Phi) is 6.70. The van der Waals surface area contributed by atoms with E-state index >= 15 is 0 Å². The number of rotatable bonds is 4. The molecule has 13 heteroatoms. The third-order valence-corrected chi connectivity index (χ3v) is 8.80. The number of sulfonamides is 1. The molecule has 2 amide bonds. The van der Waals surface area contributed by atoms with E-state index < -0.39 is 53.2 Å². The highest BCUT2D eigenvalue weighted by Gasteiger charge is 2.37. The summed E-state index contributed by atoms with van der Waals surface area (Å²) in [7, 11) is -9.95. The van der Waals surface area contributed by atoms with Crippen molar-refractivity contribution in [3.05, 3.63) is 0 Å². The Balaban J connectivity index is 2.13. The first kappa shape index (κ1) is 22.2. The third kappa shape index (κ3) is 6.22. The maximum atomic E-state index is 13.0. The average Bonchev–Trinajstić information content (AvgIpc) is 2.91. The van der Waals surface area contributed by atoms with Gasteiger partial charge in [-0.2, -0.15) is 8.67 Å². The van der Waals surface area contributed by atoms with Gasteiger partial charge in [0.2, 0.25) is 15.9 Å². The summed E-state index contributed by atoms with van der Waals surface area (Å²) in [5.74, 6) is -1.83. The molecule has 2 rings (SSSR count). The maximum Gasteiger partial charge on any atom is 0.272 e. The lowest BCUT2D eigenvalue weighted by atomic mass is 10.2. The minimum atomic E-state index is -3.55. The van der Waals surface area contributed by atoms with Crippen LogP contribution in [0.2, 0.25) is 0 Å². The number of nitrogens with zero attached hydrogens (tertiary/aromatic N) is 3. The standard InChI is InChI=1S/C14H25N3O7S3/c1-25(20,21)11-13(18)16-6-4-9-27(24,10-8-16)15-14(19)12-5-3-7-17(12)26(2,22)23/h12H,3-11H2,1-2H3. The highest BCUT2D eigenvalue weighted by Crippen LogP contribution is 2.22. The molecule has 2 atom stereocenters. The molecule has 2 unspecified atom stereocenters. The fraction of sp³-hybridized carbons (Fsp3) is 0.857. The molecule has 2 aliphatic rings. The molecule has 2 saturated heterocycles. The third-order valence-electron chi connectivity index (χ3n) is 4.48. The van der Waals surface area contributed by atoms with E-state index in [0.29, 0.717) is 19.3 Å². The van der Waals surface area contributed by atoms with Crippen LogP contribution >= 0.6 is 0 Å². The van der Waals surface area contributed by atoms with Gasteiger partial charge >= 0.3 is 0 Å². The largest absolute Gasteiger partial charge is 0.341 e. The number of sulfone groups is 1. The first-order valence-electron chi connectivity index (χ1n) is 8.49. The molecular weight excluding hydrogens is 418 g/mol. The van der Waals surface area contributed by atoms with Crippen molar-refractivity contribution in [2.45, 2.75) is 25.3 Å². The molecule has 10 nitrogen and oxygen atoms in total. The molecule has 0 radical (unpaired) electrons. The van der Waals surface area contributed by atoms with Crippen LogP contribution < -0.4 is 0 Å². The van der Waals surface area contributed by atoms with E-state index in [1.165, 1.54) is 4.90 Å². The van der Waals surface area contributed by atoms with Gasteiger partial charge in [0, 0.05) is 37.4 Å². The lowest BCUT2D eigenvalue weighted by molar-refractivity contribution is -0.128. The summed E-state index contributed by atoms with van der Waals surface area (Å²) in [6.45, 7) is 0.526. The van der Waals surface area contributed by atoms with Gasteiger partial charge in [-0.1, -0.05) is 0 Å². The summed E-state index contributed by atoms with van der Waals surface area (Å²) < 4.78 is 64.1. The van der Waals surface area contributed by atoms with E-state index in [2.05, 4.69) is 4.36 Å². The number of hydrogen-bond acceptors (Lipinski definition) is 7. The smallest absolute Gasteiger partial charge is 0.272 e. The second-order valence-electron chi connectivity index (χ2n) is 6.95. The van der Waals surface area contributed by atoms with Gasteiger partial charge < -0.3 is 4.90 Å². The number of amides is 2. The topological polar surface area (TPSA) is 138 Å². The minimum Gasteiger partial charge on any atom is -0.341 e. The predicted molar refractivity (Wildman–Crippen MR) is 101 cm³/mol. The van der Waals surface area contributed by atoms with Crippen LogP contribution in [0.15, 0.2) is 4.36 Å².